The molecule has 8 heteroatoms. The van der Waals surface area contributed by atoms with Crippen molar-refractivity contribution in [1.29, 1.82) is 0 Å². The number of pyridine rings is 1. The Hall–Kier alpha value is -1.96. The molecule has 1 aliphatic heterocycles. The topological polar surface area (TPSA) is 96.4 Å². The number of aromatic nitrogens is 1. The molecule has 1 aromatic rings. The Labute approximate surface area is 147 Å². The molecule has 7 nitrogen and oxygen atoms in total. The van der Waals surface area contributed by atoms with Crippen molar-refractivity contribution in [1.82, 2.24) is 14.6 Å². The summed E-state index contributed by atoms with van der Waals surface area (Å²) in [6.45, 7) is 1.92. The van der Waals surface area contributed by atoms with Crippen LogP contribution in [0.2, 0.25) is 0 Å². The fourth-order valence-corrected chi connectivity index (χ4v) is 4.89. The van der Waals surface area contributed by atoms with Crippen LogP contribution in [0.1, 0.15) is 44.1 Å². The van der Waals surface area contributed by atoms with Crippen LogP contribution in [-0.4, -0.2) is 42.7 Å². The summed E-state index contributed by atoms with van der Waals surface area (Å²) in [7, 11) is -4.03. The van der Waals surface area contributed by atoms with Crippen LogP contribution in [0.15, 0.2) is 23.4 Å². The molecular weight excluding hydrogens is 342 g/mol. The Morgan fingerprint density at radius 1 is 1.28 bits per heavy atom. The number of nitrogens with one attached hydrogen (secondary N) is 1. The van der Waals surface area contributed by atoms with Gasteiger partial charge in [0.25, 0.3) is 10.0 Å². The van der Waals surface area contributed by atoms with Gasteiger partial charge >= 0.3 is 0 Å². The molecule has 1 aromatic heterocycles. The molecule has 1 N–H and O–H groups in total. The molecule has 2 aliphatic rings. The average Bonchev–Trinajstić information content (AvgIpc) is 2.97. The van der Waals surface area contributed by atoms with Crippen molar-refractivity contribution in [3.8, 4) is 0 Å². The molecule has 25 heavy (non-hydrogen) atoms. The Kier molecular flexibility index (Phi) is 5.08. The Morgan fingerprint density at radius 2 is 2.00 bits per heavy atom. The third-order valence-corrected chi connectivity index (χ3v) is 6.40. The molecule has 0 spiro atoms. The van der Waals surface area contributed by atoms with Crippen LogP contribution >= 0.6 is 0 Å². The van der Waals surface area contributed by atoms with Gasteiger partial charge in [-0.2, -0.15) is 8.42 Å². The zero-order chi connectivity index (χ0) is 18.0. The Balaban J connectivity index is 1.68. The van der Waals surface area contributed by atoms with Crippen molar-refractivity contribution in [2.24, 2.45) is 5.92 Å². The second-order valence-corrected chi connectivity index (χ2v) is 8.43. The number of aryl methyl sites for hydroxylation is 1. The number of nitrogens with zero attached hydrogens (tertiary/aromatic N) is 2. The summed E-state index contributed by atoms with van der Waals surface area (Å²) in [6.07, 6.45) is 6.74. The average molecular weight is 365 g/mol. The second kappa shape index (κ2) is 7.11. The molecule has 0 radical (unpaired) electrons. The van der Waals surface area contributed by atoms with Crippen LogP contribution in [0.25, 0.3) is 0 Å². The summed E-state index contributed by atoms with van der Waals surface area (Å²) in [4.78, 5) is 30.3. The van der Waals surface area contributed by atoms with E-state index in [0.29, 0.717) is 12.1 Å². The van der Waals surface area contributed by atoms with Crippen molar-refractivity contribution >= 4 is 21.8 Å². The van der Waals surface area contributed by atoms with Crippen molar-refractivity contribution in [2.45, 2.75) is 56.5 Å². The fourth-order valence-electron chi connectivity index (χ4n) is 3.67. The minimum Gasteiger partial charge on any atom is -0.339 e. The van der Waals surface area contributed by atoms with Crippen molar-refractivity contribution in [2.75, 3.05) is 6.54 Å². The molecule has 2 amide bonds. The molecule has 2 heterocycles. The number of amides is 2. The Morgan fingerprint density at radius 3 is 2.68 bits per heavy atom. The molecule has 1 aliphatic carbocycles. The maximum absolute atomic E-state index is 12.4. The number of rotatable bonds is 4. The lowest BCUT2D eigenvalue weighted by Gasteiger charge is -2.31. The lowest BCUT2D eigenvalue weighted by atomic mass is 9.94. The predicted octanol–water partition coefficient (Wildman–Crippen LogP) is 1.38. The van der Waals surface area contributed by atoms with Gasteiger partial charge in [-0.1, -0.05) is 25.3 Å². The monoisotopic (exact) mass is 365 g/mol. The van der Waals surface area contributed by atoms with Gasteiger partial charge in [0.1, 0.15) is 0 Å². The third kappa shape index (κ3) is 3.84. The van der Waals surface area contributed by atoms with E-state index < -0.39 is 21.8 Å². The molecule has 1 saturated heterocycles. The first kappa shape index (κ1) is 17.8. The van der Waals surface area contributed by atoms with E-state index in [0.717, 1.165) is 25.7 Å². The lowest BCUT2D eigenvalue weighted by Crippen LogP contribution is -2.40. The highest BCUT2D eigenvalue weighted by Gasteiger charge is 2.39. The van der Waals surface area contributed by atoms with Gasteiger partial charge in [0.2, 0.25) is 11.8 Å². The number of carbonyl (C=O) groups is 2. The summed E-state index contributed by atoms with van der Waals surface area (Å²) in [5.74, 6) is -1.32. The molecule has 0 aromatic carbocycles. The number of likely N-dealkylation sites (tertiary alicyclic amines) is 1. The normalized spacial score (nSPS) is 22.2. The van der Waals surface area contributed by atoms with Crippen LogP contribution in [0.4, 0.5) is 0 Å². The van der Waals surface area contributed by atoms with Crippen LogP contribution in [-0.2, 0) is 19.6 Å². The maximum atomic E-state index is 12.4. The van der Waals surface area contributed by atoms with E-state index in [4.69, 9.17) is 0 Å². The maximum Gasteiger partial charge on any atom is 0.281 e. The van der Waals surface area contributed by atoms with E-state index >= 15 is 0 Å². The van der Waals surface area contributed by atoms with Crippen molar-refractivity contribution < 1.29 is 18.0 Å². The summed E-state index contributed by atoms with van der Waals surface area (Å²) in [5.41, 5.74) is 0.467. The van der Waals surface area contributed by atoms with Gasteiger partial charge in [-0.05, 0) is 31.4 Å². The van der Waals surface area contributed by atoms with Gasteiger partial charge in [-0.15, -0.1) is 0 Å². The highest BCUT2D eigenvalue weighted by molar-refractivity contribution is 7.90. The summed E-state index contributed by atoms with van der Waals surface area (Å²) >= 11 is 0. The van der Waals surface area contributed by atoms with Gasteiger partial charge in [0.15, 0.2) is 5.03 Å². The fraction of sp³-hybridized carbons (Fsp3) is 0.588. The second-order valence-electron chi connectivity index (χ2n) is 6.83. The largest absolute Gasteiger partial charge is 0.339 e. The van der Waals surface area contributed by atoms with Gasteiger partial charge in [-0.3, -0.25) is 9.59 Å². The first-order chi connectivity index (χ1) is 11.9. The van der Waals surface area contributed by atoms with E-state index in [9.17, 15) is 18.0 Å². The SMILES string of the molecule is Cc1cccnc1S(=O)(=O)NC(=O)C1CC(=O)N(C2CCCCC2)C1. The highest BCUT2D eigenvalue weighted by atomic mass is 32.2. The molecule has 3 rings (SSSR count). The predicted molar refractivity (Wildman–Crippen MR) is 91.0 cm³/mol. The summed E-state index contributed by atoms with van der Waals surface area (Å²) in [6, 6.07) is 3.44. The van der Waals surface area contributed by atoms with E-state index in [1.165, 1.54) is 12.6 Å². The minimum absolute atomic E-state index is 0.0570. The molecule has 1 saturated carbocycles. The smallest absolute Gasteiger partial charge is 0.281 e. The third-order valence-electron chi connectivity index (χ3n) is 5.00. The summed E-state index contributed by atoms with van der Waals surface area (Å²) in [5, 5.41) is -0.156. The van der Waals surface area contributed by atoms with Crippen LogP contribution in [0, 0.1) is 12.8 Å². The van der Waals surface area contributed by atoms with Crippen LogP contribution in [0.5, 0.6) is 0 Å². The molecular formula is C17H23N3O4S. The van der Waals surface area contributed by atoms with Crippen molar-refractivity contribution in [3.63, 3.8) is 0 Å². The molecule has 136 valence electrons. The number of hydrogen-bond acceptors (Lipinski definition) is 5. The standard InChI is InChI=1S/C17H23N3O4S/c1-12-6-5-9-18-17(12)25(23,24)19-16(22)13-10-15(21)20(11-13)14-7-3-2-4-8-14/h5-6,9,13-14H,2-4,7-8,10-11H2,1H3,(H,19,22). The number of carbonyl (C=O) groups excluding carboxylic acids is 2. The number of sulfonamides is 1. The molecule has 1 unspecified atom stereocenters. The lowest BCUT2D eigenvalue weighted by molar-refractivity contribution is -0.130. The van der Waals surface area contributed by atoms with Crippen molar-refractivity contribution in [3.05, 3.63) is 23.9 Å². The first-order valence-electron chi connectivity index (χ1n) is 8.66. The zero-order valence-corrected chi connectivity index (χ0v) is 15.1. The van der Waals surface area contributed by atoms with E-state index in [2.05, 4.69) is 9.71 Å². The number of hydrogen-bond donors (Lipinski definition) is 1. The van der Waals surface area contributed by atoms with Gasteiger partial charge < -0.3 is 4.90 Å². The highest BCUT2D eigenvalue weighted by Crippen LogP contribution is 2.29. The van der Waals surface area contributed by atoms with E-state index in [-0.39, 0.29) is 23.4 Å². The minimum atomic E-state index is -4.03. The quantitative estimate of drug-likeness (QED) is 0.869. The Bertz CT molecular complexity index is 772. The van der Waals surface area contributed by atoms with E-state index in [1.807, 2.05) is 0 Å². The van der Waals surface area contributed by atoms with Gasteiger partial charge in [0, 0.05) is 25.2 Å². The molecule has 1 atom stereocenters. The molecule has 2 fully saturated rings. The molecule has 0 bridgehead atoms. The zero-order valence-electron chi connectivity index (χ0n) is 14.3. The summed E-state index contributed by atoms with van der Waals surface area (Å²) < 4.78 is 26.9. The van der Waals surface area contributed by atoms with Gasteiger partial charge in [0.05, 0.1) is 5.92 Å². The van der Waals surface area contributed by atoms with Gasteiger partial charge in [-0.25, -0.2) is 9.71 Å². The van der Waals surface area contributed by atoms with Crippen LogP contribution < -0.4 is 4.72 Å². The van der Waals surface area contributed by atoms with E-state index in [1.54, 1.807) is 24.0 Å². The van der Waals surface area contributed by atoms with Crippen LogP contribution in [0.3, 0.4) is 0 Å². The first-order valence-corrected chi connectivity index (χ1v) is 10.1.